The molecule has 2 bridgehead atoms. The van der Waals surface area contributed by atoms with Crippen molar-refractivity contribution in [3.63, 3.8) is 0 Å². The van der Waals surface area contributed by atoms with E-state index in [4.69, 9.17) is 4.74 Å². The van der Waals surface area contributed by atoms with Crippen LogP contribution in [0.3, 0.4) is 0 Å². The van der Waals surface area contributed by atoms with E-state index in [2.05, 4.69) is 17.6 Å². The second-order valence-corrected chi connectivity index (χ2v) is 7.62. The lowest BCUT2D eigenvalue weighted by atomic mass is 9.84. The topological polar surface area (TPSA) is 74.1 Å². The SMILES string of the molecule is COc1ccc(C)cc1NC(=O)/C(C#N)=C\NC(C)C1CC2CCC1C2. The number of carbonyl (C=O) groups excluding carboxylic acids is 1. The van der Waals surface area contributed by atoms with Gasteiger partial charge >= 0.3 is 0 Å². The summed E-state index contributed by atoms with van der Waals surface area (Å²) in [4.78, 5) is 12.5. The fraction of sp³-hybridized carbons (Fsp3) is 0.524. The van der Waals surface area contributed by atoms with Crippen LogP contribution in [-0.4, -0.2) is 19.1 Å². The molecule has 0 radical (unpaired) electrons. The molecular weight excluding hydrogens is 326 g/mol. The minimum absolute atomic E-state index is 0.0727. The van der Waals surface area contributed by atoms with Crippen molar-refractivity contribution in [2.24, 2.45) is 17.8 Å². The molecule has 2 aliphatic carbocycles. The summed E-state index contributed by atoms with van der Waals surface area (Å²) in [5.41, 5.74) is 1.65. The second-order valence-electron chi connectivity index (χ2n) is 7.62. The Balaban J connectivity index is 1.64. The van der Waals surface area contributed by atoms with Crippen molar-refractivity contribution >= 4 is 11.6 Å². The lowest BCUT2D eigenvalue weighted by Gasteiger charge is -2.28. The molecule has 2 saturated carbocycles. The quantitative estimate of drug-likeness (QED) is 0.603. The number of rotatable bonds is 6. The Hall–Kier alpha value is -2.48. The molecule has 3 rings (SSSR count). The molecule has 1 aromatic rings. The number of methoxy groups -OCH3 is 1. The maximum atomic E-state index is 12.5. The standard InChI is InChI=1S/C21H27N3O2/c1-13-4-7-20(26-3)19(8-13)24-21(25)17(11-22)12-23-14(2)18-10-15-5-6-16(18)9-15/h4,7-8,12,14-16,18,23H,5-6,9-10H2,1-3H3,(H,24,25)/b17-12-. The predicted molar refractivity (Wildman–Crippen MR) is 102 cm³/mol. The molecule has 0 aliphatic heterocycles. The minimum atomic E-state index is -0.427. The van der Waals surface area contributed by atoms with Crippen LogP contribution in [0.4, 0.5) is 5.69 Å². The zero-order chi connectivity index (χ0) is 18.7. The van der Waals surface area contributed by atoms with Gasteiger partial charge in [0.15, 0.2) is 0 Å². The van der Waals surface area contributed by atoms with E-state index in [9.17, 15) is 10.1 Å². The van der Waals surface area contributed by atoms with Crippen LogP contribution >= 0.6 is 0 Å². The Morgan fingerprint density at radius 2 is 2.19 bits per heavy atom. The highest BCUT2D eigenvalue weighted by Gasteiger charge is 2.41. The Morgan fingerprint density at radius 1 is 1.38 bits per heavy atom. The van der Waals surface area contributed by atoms with Gasteiger partial charge in [-0.25, -0.2) is 0 Å². The molecular formula is C21H27N3O2. The normalized spacial score (nSPS) is 25.5. The highest BCUT2D eigenvalue weighted by Crippen LogP contribution is 2.49. The van der Waals surface area contributed by atoms with E-state index >= 15 is 0 Å². The summed E-state index contributed by atoms with van der Waals surface area (Å²) in [6, 6.07) is 7.82. The van der Waals surface area contributed by atoms with Crippen molar-refractivity contribution in [1.29, 1.82) is 5.26 Å². The van der Waals surface area contributed by atoms with E-state index in [1.54, 1.807) is 19.4 Å². The van der Waals surface area contributed by atoms with E-state index in [0.29, 0.717) is 17.4 Å². The molecule has 1 amide bonds. The minimum Gasteiger partial charge on any atom is -0.495 e. The maximum absolute atomic E-state index is 12.5. The zero-order valence-electron chi connectivity index (χ0n) is 15.7. The fourth-order valence-electron chi connectivity index (χ4n) is 4.50. The van der Waals surface area contributed by atoms with Crippen LogP contribution in [0.1, 0.15) is 38.2 Å². The summed E-state index contributed by atoms with van der Waals surface area (Å²) in [6.45, 7) is 4.09. The third-order valence-corrected chi connectivity index (χ3v) is 5.89. The lowest BCUT2D eigenvalue weighted by Crippen LogP contribution is -2.34. The van der Waals surface area contributed by atoms with Crippen LogP contribution in [0.5, 0.6) is 5.75 Å². The summed E-state index contributed by atoms with van der Waals surface area (Å²) in [6.07, 6.45) is 6.87. The van der Waals surface area contributed by atoms with Crippen LogP contribution in [0.15, 0.2) is 30.0 Å². The van der Waals surface area contributed by atoms with Gasteiger partial charge in [-0.2, -0.15) is 5.26 Å². The third-order valence-electron chi connectivity index (χ3n) is 5.89. The number of carbonyl (C=O) groups is 1. The first-order chi connectivity index (χ1) is 12.5. The number of nitrogens with zero attached hydrogens (tertiary/aromatic N) is 1. The van der Waals surface area contributed by atoms with E-state index in [-0.39, 0.29) is 11.6 Å². The van der Waals surface area contributed by atoms with Crippen LogP contribution in [-0.2, 0) is 4.79 Å². The average Bonchev–Trinajstić information content (AvgIpc) is 3.25. The summed E-state index contributed by atoms with van der Waals surface area (Å²) < 4.78 is 5.28. The number of nitriles is 1. The number of nitrogens with one attached hydrogen (secondary N) is 2. The van der Waals surface area contributed by atoms with Gasteiger partial charge in [-0.15, -0.1) is 0 Å². The van der Waals surface area contributed by atoms with Gasteiger partial charge in [-0.1, -0.05) is 12.5 Å². The first-order valence-electron chi connectivity index (χ1n) is 9.34. The molecule has 26 heavy (non-hydrogen) atoms. The van der Waals surface area contributed by atoms with E-state index in [1.165, 1.54) is 25.7 Å². The van der Waals surface area contributed by atoms with Crippen molar-refractivity contribution in [1.82, 2.24) is 5.32 Å². The molecule has 1 aromatic carbocycles. The first kappa shape index (κ1) is 18.3. The Morgan fingerprint density at radius 3 is 2.81 bits per heavy atom. The van der Waals surface area contributed by atoms with Gasteiger partial charge in [0.1, 0.15) is 17.4 Å². The number of ether oxygens (including phenoxy) is 1. The van der Waals surface area contributed by atoms with E-state index < -0.39 is 5.91 Å². The molecule has 4 unspecified atom stereocenters. The monoisotopic (exact) mass is 353 g/mol. The Kier molecular flexibility index (Phi) is 5.51. The second kappa shape index (κ2) is 7.82. The number of benzene rings is 1. The molecule has 2 N–H and O–H groups in total. The molecule has 0 heterocycles. The maximum Gasteiger partial charge on any atom is 0.267 e. The molecule has 2 aliphatic rings. The fourth-order valence-corrected chi connectivity index (χ4v) is 4.50. The van der Waals surface area contributed by atoms with Gasteiger partial charge in [0.2, 0.25) is 0 Å². The van der Waals surface area contributed by atoms with E-state index in [1.807, 2.05) is 25.1 Å². The van der Waals surface area contributed by atoms with Gasteiger partial charge < -0.3 is 15.4 Å². The number of hydrogen-bond donors (Lipinski definition) is 2. The predicted octanol–water partition coefficient (Wildman–Crippen LogP) is 3.76. The van der Waals surface area contributed by atoms with Gasteiger partial charge in [0.25, 0.3) is 5.91 Å². The van der Waals surface area contributed by atoms with Crippen molar-refractivity contribution in [3.8, 4) is 11.8 Å². The first-order valence-corrected chi connectivity index (χ1v) is 9.34. The number of aryl methyl sites for hydroxylation is 1. The molecule has 138 valence electrons. The van der Waals surface area contributed by atoms with Gasteiger partial charge in [-0.3, -0.25) is 4.79 Å². The van der Waals surface area contributed by atoms with E-state index in [0.717, 1.165) is 17.4 Å². The van der Waals surface area contributed by atoms with Crippen LogP contribution in [0.25, 0.3) is 0 Å². The largest absolute Gasteiger partial charge is 0.495 e. The number of amides is 1. The number of hydrogen-bond acceptors (Lipinski definition) is 4. The van der Waals surface area contributed by atoms with Crippen LogP contribution in [0.2, 0.25) is 0 Å². The molecule has 0 aromatic heterocycles. The summed E-state index contributed by atoms with van der Waals surface area (Å²) in [5.74, 6) is 2.47. The number of fused-ring (bicyclic) bond motifs is 2. The highest BCUT2D eigenvalue weighted by molar-refractivity contribution is 6.07. The van der Waals surface area contributed by atoms with Gasteiger partial charge in [0, 0.05) is 12.2 Å². The Bertz CT molecular complexity index is 750. The summed E-state index contributed by atoms with van der Waals surface area (Å²) >= 11 is 0. The molecule has 5 nitrogen and oxygen atoms in total. The van der Waals surface area contributed by atoms with Gasteiger partial charge in [-0.05, 0) is 68.6 Å². The zero-order valence-corrected chi connectivity index (χ0v) is 15.7. The molecule has 4 atom stereocenters. The Labute approximate surface area is 155 Å². The molecule has 2 fully saturated rings. The van der Waals surface area contributed by atoms with Gasteiger partial charge in [0.05, 0.1) is 12.8 Å². The summed E-state index contributed by atoms with van der Waals surface area (Å²) in [5, 5.41) is 15.5. The van der Waals surface area contributed by atoms with Crippen molar-refractivity contribution < 1.29 is 9.53 Å². The molecule has 0 spiro atoms. The molecule has 5 heteroatoms. The average molecular weight is 353 g/mol. The highest BCUT2D eigenvalue weighted by atomic mass is 16.5. The smallest absolute Gasteiger partial charge is 0.267 e. The molecule has 0 saturated heterocycles. The van der Waals surface area contributed by atoms with Crippen LogP contribution < -0.4 is 15.4 Å². The van der Waals surface area contributed by atoms with Crippen molar-refractivity contribution in [2.45, 2.75) is 45.6 Å². The van der Waals surface area contributed by atoms with Crippen molar-refractivity contribution in [3.05, 3.63) is 35.5 Å². The third kappa shape index (κ3) is 3.85. The summed E-state index contributed by atoms with van der Waals surface area (Å²) in [7, 11) is 1.56. The number of anilines is 1. The lowest BCUT2D eigenvalue weighted by molar-refractivity contribution is -0.112. The van der Waals surface area contributed by atoms with Crippen molar-refractivity contribution in [2.75, 3.05) is 12.4 Å². The van der Waals surface area contributed by atoms with Crippen LogP contribution in [0, 0.1) is 36.0 Å².